The van der Waals surface area contributed by atoms with Gasteiger partial charge in [-0.25, -0.2) is 0 Å². The molecule has 4 heteroatoms. The smallest absolute Gasteiger partial charge is 0.151 e. The molecule has 4 nitrogen and oxygen atoms in total. The lowest BCUT2D eigenvalue weighted by atomic mass is 10.0. The van der Waals surface area contributed by atoms with Gasteiger partial charge in [-0.3, -0.25) is 9.80 Å². The minimum Gasteiger partial charge on any atom is -0.368 e. The lowest BCUT2D eigenvalue weighted by Gasteiger charge is -2.43. The van der Waals surface area contributed by atoms with Gasteiger partial charge < -0.3 is 9.69 Å². The number of benzene rings is 2. The van der Waals surface area contributed by atoms with Gasteiger partial charge in [0.05, 0.1) is 0 Å². The highest BCUT2D eigenvalue weighted by atomic mass is 16.1. The van der Waals surface area contributed by atoms with Crippen molar-refractivity contribution in [3.05, 3.63) is 54.6 Å². The molecule has 142 valence electrons. The summed E-state index contributed by atoms with van der Waals surface area (Å²) in [6, 6.07) is 19.3. The Morgan fingerprint density at radius 3 is 2.04 bits per heavy atom. The summed E-state index contributed by atoms with van der Waals surface area (Å²) in [5, 5.41) is 0. The average molecular weight is 364 g/mol. The van der Waals surface area contributed by atoms with E-state index in [9.17, 15) is 4.79 Å². The van der Waals surface area contributed by atoms with E-state index >= 15 is 0 Å². The molecule has 4 rings (SSSR count). The van der Waals surface area contributed by atoms with Crippen molar-refractivity contribution in [2.45, 2.75) is 25.4 Å². The van der Waals surface area contributed by atoms with Gasteiger partial charge in [0.15, 0.2) is 6.29 Å². The number of rotatable bonds is 5. The maximum absolute atomic E-state index is 11.8. The van der Waals surface area contributed by atoms with E-state index in [1.807, 2.05) is 0 Å². The van der Waals surface area contributed by atoms with Crippen LogP contribution in [0.3, 0.4) is 0 Å². The summed E-state index contributed by atoms with van der Waals surface area (Å²) in [6.07, 6.45) is 4.84. The highest BCUT2D eigenvalue weighted by Crippen LogP contribution is 2.31. The third-order valence-corrected chi connectivity index (χ3v) is 5.90. The maximum atomic E-state index is 11.8. The predicted octanol–water partition coefficient (Wildman–Crippen LogP) is 3.49. The van der Waals surface area contributed by atoms with Gasteiger partial charge in [-0.1, -0.05) is 55.0 Å². The number of nitrogens with zero attached hydrogens (tertiary/aromatic N) is 3. The van der Waals surface area contributed by atoms with Crippen molar-refractivity contribution in [3.8, 4) is 11.1 Å². The molecule has 0 aromatic heterocycles. The molecular formula is C23H29N3O. The Morgan fingerprint density at radius 2 is 1.33 bits per heavy atom. The first-order valence-electron chi connectivity index (χ1n) is 10.2. The first-order valence-corrected chi connectivity index (χ1v) is 10.2. The normalized spacial score (nSPS) is 20.4. The van der Waals surface area contributed by atoms with Crippen molar-refractivity contribution < 1.29 is 4.79 Å². The molecule has 2 heterocycles. The van der Waals surface area contributed by atoms with E-state index in [0.717, 1.165) is 45.6 Å². The van der Waals surface area contributed by atoms with Crippen LogP contribution < -0.4 is 4.90 Å². The standard InChI is InChI=1S/C23H29N3O/c27-19-23(25-13-7-2-8-14-25)26-17-15-24(16-18-26)22-12-6-5-11-21(22)20-9-3-1-4-10-20/h1,3-6,9-12,19,23H,2,7-8,13-18H2. The number of aldehydes is 1. The summed E-state index contributed by atoms with van der Waals surface area (Å²) in [5.41, 5.74) is 3.84. The summed E-state index contributed by atoms with van der Waals surface area (Å²) in [6.45, 7) is 5.90. The Balaban J connectivity index is 1.46. The summed E-state index contributed by atoms with van der Waals surface area (Å²) in [7, 11) is 0. The minimum absolute atomic E-state index is 0.0446. The summed E-state index contributed by atoms with van der Waals surface area (Å²) < 4.78 is 0. The molecule has 2 saturated heterocycles. The second kappa shape index (κ2) is 8.68. The van der Waals surface area contributed by atoms with E-state index in [4.69, 9.17) is 0 Å². The van der Waals surface area contributed by atoms with Crippen LogP contribution in [-0.4, -0.2) is 61.5 Å². The Bertz CT molecular complexity index is 734. The SMILES string of the molecule is O=CC(N1CCCCC1)N1CCN(c2ccccc2-c2ccccc2)CC1. The fraction of sp³-hybridized carbons (Fsp3) is 0.435. The molecule has 27 heavy (non-hydrogen) atoms. The van der Waals surface area contributed by atoms with Gasteiger partial charge in [0.25, 0.3) is 0 Å². The highest BCUT2D eigenvalue weighted by Gasteiger charge is 2.29. The number of anilines is 1. The van der Waals surface area contributed by atoms with Crippen molar-refractivity contribution in [2.75, 3.05) is 44.2 Å². The number of hydrogen-bond donors (Lipinski definition) is 0. The molecule has 2 aromatic rings. The molecule has 2 aliphatic rings. The van der Waals surface area contributed by atoms with Crippen molar-refractivity contribution >= 4 is 12.0 Å². The molecule has 2 aliphatic heterocycles. The molecule has 1 atom stereocenters. The lowest BCUT2D eigenvalue weighted by Crippen LogP contribution is -2.57. The predicted molar refractivity (Wildman–Crippen MR) is 111 cm³/mol. The van der Waals surface area contributed by atoms with E-state index in [0.29, 0.717) is 0 Å². The molecule has 0 amide bonds. The quantitative estimate of drug-likeness (QED) is 0.760. The molecule has 0 radical (unpaired) electrons. The Morgan fingerprint density at radius 1 is 0.704 bits per heavy atom. The van der Waals surface area contributed by atoms with Crippen LogP contribution in [-0.2, 0) is 4.79 Å². The average Bonchev–Trinajstić information content (AvgIpc) is 2.76. The number of piperazine rings is 1. The number of likely N-dealkylation sites (tertiary alicyclic amines) is 1. The largest absolute Gasteiger partial charge is 0.368 e. The van der Waals surface area contributed by atoms with E-state index < -0.39 is 0 Å². The molecule has 0 bridgehead atoms. The summed E-state index contributed by atoms with van der Waals surface area (Å²) in [5.74, 6) is 0. The second-order valence-electron chi connectivity index (χ2n) is 7.55. The van der Waals surface area contributed by atoms with Crippen LogP contribution in [0.1, 0.15) is 19.3 Å². The van der Waals surface area contributed by atoms with Crippen molar-refractivity contribution in [1.82, 2.24) is 9.80 Å². The number of piperidine rings is 1. The Labute approximate surface area is 162 Å². The van der Waals surface area contributed by atoms with Gasteiger partial charge in [-0.15, -0.1) is 0 Å². The molecule has 1 unspecified atom stereocenters. The van der Waals surface area contributed by atoms with Crippen molar-refractivity contribution in [2.24, 2.45) is 0 Å². The number of hydrogen-bond acceptors (Lipinski definition) is 4. The third-order valence-electron chi connectivity index (χ3n) is 5.90. The lowest BCUT2D eigenvalue weighted by molar-refractivity contribution is -0.119. The van der Waals surface area contributed by atoms with Crippen LogP contribution in [0.5, 0.6) is 0 Å². The molecular weight excluding hydrogens is 334 g/mol. The Kier molecular flexibility index (Phi) is 5.85. The van der Waals surface area contributed by atoms with Gasteiger partial charge in [-0.05, 0) is 24.5 Å². The van der Waals surface area contributed by atoms with Crippen LogP contribution in [0.2, 0.25) is 0 Å². The zero-order valence-corrected chi connectivity index (χ0v) is 16.0. The molecule has 0 spiro atoms. The van der Waals surface area contributed by atoms with Crippen LogP contribution in [0.15, 0.2) is 54.6 Å². The molecule has 0 N–H and O–H groups in total. The van der Waals surface area contributed by atoms with Gasteiger partial charge in [0, 0.05) is 50.5 Å². The topological polar surface area (TPSA) is 26.8 Å². The van der Waals surface area contributed by atoms with Crippen LogP contribution in [0, 0.1) is 0 Å². The van der Waals surface area contributed by atoms with Crippen LogP contribution in [0.4, 0.5) is 5.69 Å². The van der Waals surface area contributed by atoms with Gasteiger partial charge in [0.2, 0.25) is 0 Å². The van der Waals surface area contributed by atoms with E-state index in [2.05, 4.69) is 69.3 Å². The van der Waals surface area contributed by atoms with Crippen LogP contribution >= 0.6 is 0 Å². The van der Waals surface area contributed by atoms with Crippen molar-refractivity contribution in [3.63, 3.8) is 0 Å². The second-order valence-corrected chi connectivity index (χ2v) is 7.55. The molecule has 0 saturated carbocycles. The molecule has 0 aliphatic carbocycles. The van der Waals surface area contributed by atoms with Gasteiger partial charge in [-0.2, -0.15) is 0 Å². The van der Waals surface area contributed by atoms with E-state index in [1.165, 1.54) is 36.1 Å². The fourth-order valence-corrected chi connectivity index (χ4v) is 4.42. The first kappa shape index (κ1) is 18.2. The van der Waals surface area contributed by atoms with E-state index in [-0.39, 0.29) is 6.17 Å². The van der Waals surface area contributed by atoms with Crippen molar-refractivity contribution in [1.29, 1.82) is 0 Å². The zero-order valence-electron chi connectivity index (χ0n) is 16.0. The van der Waals surface area contributed by atoms with Gasteiger partial charge in [0.1, 0.15) is 6.17 Å². The minimum atomic E-state index is -0.0446. The maximum Gasteiger partial charge on any atom is 0.151 e. The van der Waals surface area contributed by atoms with Crippen LogP contribution in [0.25, 0.3) is 11.1 Å². The third kappa shape index (κ3) is 4.07. The molecule has 2 fully saturated rings. The Hall–Kier alpha value is -2.17. The zero-order chi connectivity index (χ0) is 18.5. The fourth-order valence-electron chi connectivity index (χ4n) is 4.42. The first-order chi connectivity index (χ1) is 13.4. The summed E-state index contributed by atoms with van der Waals surface area (Å²) in [4.78, 5) is 19.0. The number of carbonyl (C=O) groups excluding carboxylic acids is 1. The van der Waals surface area contributed by atoms with Gasteiger partial charge >= 0.3 is 0 Å². The highest BCUT2D eigenvalue weighted by molar-refractivity contribution is 5.78. The van der Waals surface area contributed by atoms with E-state index in [1.54, 1.807) is 0 Å². The number of para-hydroxylation sites is 1. The summed E-state index contributed by atoms with van der Waals surface area (Å²) >= 11 is 0. The number of carbonyl (C=O) groups is 1. The molecule has 2 aromatic carbocycles. The monoisotopic (exact) mass is 363 g/mol.